The van der Waals surface area contributed by atoms with Crippen molar-refractivity contribution < 1.29 is 0 Å². The first-order valence-electron chi connectivity index (χ1n) is 6.70. The summed E-state index contributed by atoms with van der Waals surface area (Å²) in [6.07, 6.45) is 15.6. The molecule has 1 saturated carbocycles. The zero-order valence-electron chi connectivity index (χ0n) is 10.6. The minimum absolute atomic E-state index is 0.500. The maximum absolute atomic E-state index is 3.86. The quantitative estimate of drug-likeness (QED) is 0.504. The van der Waals surface area contributed by atoms with E-state index in [-0.39, 0.29) is 0 Å². The second kappa shape index (κ2) is 5.18. The molecule has 0 aromatic carbocycles. The molecule has 0 heterocycles. The summed E-state index contributed by atoms with van der Waals surface area (Å²) in [5.41, 5.74) is 1.03. The molecule has 1 fully saturated rings. The lowest BCUT2D eigenvalue weighted by molar-refractivity contribution is 0.396. The summed E-state index contributed by atoms with van der Waals surface area (Å²) in [4.78, 5) is 0. The van der Waals surface area contributed by atoms with Gasteiger partial charge in [-0.3, -0.25) is 0 Å². The lowest BCUT2D eigenvalue weighted by Gasteiger charge is -2.25. The van der Waals surface area contributed by atoms with Gasteiger partial charge in [0.2, 0.25) is 0 Å². The summed E-state index contributed by atoms with van der Waals surface area (Å²) in [7, 11) is -0.500. The van der Waals surface area contributed by atoms with Crippen molar-refractivity contribution in [1.82, 2.24) is 0 Å². The van der Waals surface area contributed by atoms with Gasteiger partial charge >= 0.3 is 0 Å². The van der Waals surface area contributed by atoms with Crippen molar-refractivity contribution in [2.75, 3.05) is 0 Å². The first kappa shape index (κ1) is 11.9. The summed E-state index contributed by atoms with van der Waals surface area (Å²) < 4.78 is 0. The normalized spacial score (nSPS) is 36.7. The van der Waals surface area contributed by atoms with Gasteiger partial charge in [0.05, 0.1) is 0 Å². The van der Waals surface area contributed by atoms with Gasteiger partial charge in [0.1, 0.15) is 0 Å². The van der Waals surface area contributed by atoms with E-state index < -0.39 is 8.80 Å². The van der Waals surface area contributed by atoms with E-state index in [2.05, 4.69) is 50.1 Å². The van der Waals surface area contributed by atoms with Crippen LogP contribution in [0.1, 0.15) is 19.3 Å². The molecule has 4 unspecified atom stereocenters. The molecule has 2 aliphatic rings. The summed E-state index contributed by atoms with van der Waals surface area (Å²) in [5, 5.41) is 0. The molecule has 1 heteroatoms. The van der Waals surface area contributed by atoms with E-state index >= 15 is 0 Å². The smallest absolute Gasteiger partial charge is 0.0344 e. The predicted octanol–water partition coefficient (Wildman–Crippen LogP) is 4.19. The number of fused-ring (bicyclic) bond motifs is 1. The molecule has 4 atom stereocenters. The van der Waals surface area contributed by atoms with Gasteiger partial charge in [-0.25, -0.2) is 0 Å². The van der Waals surface area contributed by atoms with Crippen molar-refractivity contribution in [2.45, 2.75) is 37.9 Å². The molecule has 0 N–H and O–H groups in total. The van der Waals surface area contributed by atoms with Crippen LogP contribution in [-0.4, -0.2) is 8.80 Å². The zero-order valence-corrected chi connectivity index (χ0v) is 11.8. The average molecular weight is 232 g/mol. The largest absolute Gasteiger partial charge is 0.103 e. The van der Waals surface area contributed by atoms with Gasteiger partial charge < -0.3 is 0 Å². The van der Waals surface area contributed by atoms with Gasteiger partial charge in [-0.05, 0) is 42.6 Å². The third-order valence-corrected chi connectivity index (χ3v) is 6.86. The number of allylic oxidation sites excluding steroid dienone is 5. The van der Waals surface area contributed by atoms with Gasteiger partial charge in [0, 0.05) is 8.80 Å². The van der Waals surface area contributed by atoms with Crippen LogP contribution >= 0.6 is 0 Å². The highest BCUT2D eigenvalue weighted by Crippen LogP contribution is 2.50. The molecule has 0 saturated heterocycles. The number of rotatable bonds is 4. The Morgan fingerprint density at radius 1 is 1.25 bits per heavy atom. The first-order chi connectivity index (χ1) is 7.74. The van der Waals surface area contributed by atoms with E-state index in [1.165, 1.54) is 19.3 Å². The van der Waals surface area contributed by atoms with Crippen LogP contribution in [0.2, 0.25) is 18.6 Å². The van der Waals surface area contributed by atoms with Crippen molar-refractivity contribution in [3.05, 3.63) is 37.0 Å². The van der Waals surface area contributed by atoms with Crippen LogP contribution in [0.5, 0.6) is 0 Å². The SMILES string of the molecule is C=CCCC1CC([SiH](C)C)C2C=CC=CC12. The van der Waals surface area contributed by atoms with Gasteiger partial charge in [0.15, 0.2) is 0 Å². The number of hydrogen-bond acceptors (Lipinski definition) is 0. The van der Waals surface area contributed by atoms with Crippen LogP contribution in [0.15, 0.2) is 37.0 Å². The van der Waals surface area contributed by atoms with E-state index in [0.717, 1.165) is 23.3 Å². The monoisotopic (exact) mass is 232 g/mol. The molecule has 0 aromatic heterocycles. The molecule has 2 aliphatic carbocycles. The highest BCUT2D eigenvalue weighted by molar-refractivity contribution is 6.57. The van der Waals surface area contributed by atoms with Crippen LogP contribution in [-0.2, 0) is 0 Å². The summed E-state index contributed by atoms with van der Waals surface area (Å²) >= 11 is 0. The van der Waals surface area contributed by atoms with Crippen LogP contribution in [0.3, 0.4) is 0 Å². The van der Waals surface area contributed by atoms with Gasteiger partial charge in [-0.1, -0.05) is 43.5 Å². The molecule has 0 nitrogen and oxygen atoms in total. The molecule has 0 spiro atoms. The van der Waals surface area contributed by atoms with Crippen molar-refractivity contribution in [3.63, 3.8) is 0 Å². The Kier molecular flexibility index (Phi) is 3.85. The molecule has 0 bridgehead atoms. The minimum atomic E-state index is -0.500. The maximum atomic E-state index is 3.86. The molecule has 0 radical (unpaired) electrons. The highest BCUT2D eigenvalue weighted by atomic mass is 28.3. The second-order valence-corrected chi connectivity index (χ2v) is 9.04. The molecule has 16 heavy (non-hydrogen) atoms. The highest BCUT2D eigenvalue weighted by Gasteiger charge is 2.41. The van der Waals surface area contributed by atoms with Gasteiger partial charge in [0.25, 0.3) is 0 Å². The first-order valence-corrected chi connectivity index (χ1v) is 9.67. The summed E-state index contributed by atoms with van der Waals surface area (Å²) in [6.45, 7) is 8.89. The van der Waals surface area contributed by atoms with Crippen LogP contribution in [0.4, 0.5) is 0 Å². The van der Waals surface area contributed by atoms with E-state index in [1.54, 1.807) is 0 Å². The number of hydrogen-bond donors (Lipinski definition) is 0. The van der Waals surface area contributed by atoms with E-state index in [0.29, 0.717) is 0 Å². The van der Waals surface area contributed by atoms with E-state index in [1.807, 2.05) is 0 Å². The summed E-state index contributed by atoms with van der Waals surface area (Å²) in [6, 6.07) is 0. The lowest BCUT2D eigenvalue weighted by atomic mass is 9.84. The van der Waals surface area contributed by atoms with E-state index in [4.69, 9.17) is 0 Å². The van der Waals surface area contributed by atoms with Gasteiger partial charge in [-0.15, -0.1) is 6.58 Å². The molecule has 88 valence electrons. The van der Waals surface area contributed by atoms with Crippen LogP contribution in [0, 0.1) is 17.8 Å². The van der Waals surface area contributed by atoms with Crippen molar-refractivity contribution >= 4 is 8.80 Å². The maximum Gasteiger partial charge on any atom is 0.0344 e. The third kappa shape index (κ3) is 2.24. The third-order valence-electron chi connectivity index (χ3n) is 4.43. The predicted molar refractivity (Wildman–Crippen MR) is 75.4 cm³/mol. The topological polar surface area (TPSA) is 0 Å². The Balaban J connectivity index is 2.09. The summed E-state index contributed by atoms with van der Waals surface area (Å²) in [5.74, 6) is 2.63. The molecular weight excluding hydrogens is 208 g/mol. The van der Waals surface area contributed by atoms with E-state index in [9.17, 15) is 0 Å². The van der Waals surface area contributed by atoms with Crippen LogP contribution in [0.25, 0.3) is 0 Å². The Hall–Kier alpha value is -0.563. The average Bonchev–Trinajstić information content (AvgIpc) is 2.65. The van der Waals surface area contributed by atoms with Gasteiger partial charge in [-0.2, -0.15) is 0 Å². The fraction of sp³-hybridized carbons (Fsp3) is 0.600. The van der Waals surface area contributed by atoms with Crippen molar-refractivity contribution in [3.8, 4) is 0 Å². The Labute approximate surface area is 102 Å². The molecule has 0 aliphatic heterocycles. The lowest BCUT2D eigenvalue weighted by Crippen LogP contribution is -2.19. The fourth-order valence-corrected chi connectivity index (χ4v) is 5.73. The van der Waals surface area contributed by atoms with Crippen molar-refractivity contribution in [2.24, 2.45) is 17.8 Å². The fourth-order valence-electron chi connectivity index (χ4n) is 3.56. The van der Waals surface area contributed by atoms with Crippen molar-refractivity contribution in [1.29, 1.82) is 0 Å². The molecule has 2 rings (SSSR count). The Bertz CT molecular complexity index is 301. The Morgan fingerprint density at radius 3 is 2.56 bits per heavy atom. The zero-order chi connectivity index (χ0) is 11.5. The molecule has 0 aromatic rings. The molecule has 0 amide bonds. The minimum Gasteiger partial charge on any atom is -0.103 e. The standard InChI is InChI=1S/C15H24Si/c1-4-5-8-12-11-15(16(2)3)14-10-7-6-9-13(12)14/h4,6-7,9-10,12-16H,1,5,8,11H2,2-3H3. The molecular formula is C15H24Si. The Morgan fingerprint density at radius 2 is 1.94 bits per heavy atom. The second-order valence-electron chi connectivity index (χ2n) is 5.69. The van der Waals surface area contributed by atoms with Crippen LogP contribution < -0.4 is 0 Å².